The van der Waals surface area contributed by atoms with Crippen LogP contribution >= 0.6 is 12.6 Å². The van der Waals surface area contributed by atoms with Gasteiger partial charge in [0.1, 0.15) is 17.5 Å². The van der Waals surface area contributed by atoms with Crippen molar-refractivity contribution in [2.75, 3.05) is 13.2 Å². The lowest BCUT2D eigenvalue weighted by Crippen LogP contribution is -2.48. The zero-order chi connectivity index (χ0) is 19.2. The number of nitrogens with zero attached hydrogens (tertiary/aromatic N) is 1. The number of hydrogen-bond acceptors (Lipinski definition) is 5. The number of thiol groups is 1. The van der Waals surface area contributed by atoms with E-state index in [1.54, 1.807) is 0 Å². The molecule has 2 N–H and O–H groups in total. The van der Waals surface area contributed by atoms with Gasteiger partial charge in [-0.2, -0.15) is 12.6 Å². The Balaban J connectivity index is 1.67. The van der Waals surface area contributed by atoms with Gasteiger partial charge in [0, 0.05) is 24.8 Å². The van der Waals surface area contributed by atoms with Crippen LogP contribution in [0, 0.1) is 0 Å². The van der Waals surface area contributed by atoms with E-state index in [2.05, 4.69) is 17.9 Å². The van der Waals surface area contributed by atoms with E-state index in [1.165, 1.54) is 4.90 Å². The normalized spacial score (nSPS) is 19.2. The number of ether oxygens (including phenoxy) is 1. The maximum Gasteiger partial charge on any atom is 0.244 e. The van der Waals surface area contributed by atoms with E-state index < -0.39 is 6.04 Å². The summed E-state index contributed by atoms with van der Waals surface area (Å²) >= 11 is 4.40. The number of aliphatic hydroxyl groups excluding tert-OH is 1. The Kier molecular flexibility index (Phi) is 6.36. The molecule has 2 atom stereocenters. The molecule has 1 saturated heterocycles. The summed E-state index contributed by atoms with van der Waals surface area (Å²) < 4.78 is 5.76. The summed E-state index contributed by atoms with van der Waals surface area (Å²) in [6.45, 7) is 0.328. The number of benzene rings is 2. The first kappa shape index (κ1) is 19.3. The summed E-state index contributed by atoms with van der Waals surface area (Å²) in [5.74, 6) is 1.04. The number of amides is 2. The second-order valence-corrected chi connectivity index (χ2v) is 6.97. The van der Waals surface area contributed by atoms with Gasteiger partial charge in [-0.25, -0.2) is 0 Å². The number of para-hydroxylation sites is 1. The number of aliphatic hydroxyl groups is 1. The first-order valence-corrected chi connectivity index (χ1v) is 9.28. The van der Waals surface area contributed by atoms with E-state index in [9.17, 15) is 9.59 Å². The van der Waals surface area contributed by atoms with Crippen molar-refractivity contribution in [1.29, 1.82) is 0 Å². The van der Waals surface area contributed by atoms with Crippen LogP contribution in [-0.2, 0) is 16.1 Å². The van der Waals surface area contributed by atoms with E-state index in [0.717, 1.165) is 11.3 Å². The highest BCUT2D eigenvalue weighted by Gasteiger charge is 2.42. The summed E-state index contributed by atoms with van der Waals surface area (Å²) in [6, 6.07) is 16.2. The van der Waals surface area contributed by atoms with Gasteiger partial charge in [0.25, 0.3) is 0 Å². The molecule has 2 aromatic rings. The van der Waals surface area contributed by atoms with E-state index in [1.807, 2.05) is 54.6 Å². The van der Waals surface area contributed by atoms with E-state index in [0.29, 0.717) is 12.3 Å². The van der Waals surface area contributed by atoms with Gasteiger partial charge in [-0.1, -0.05) is 30.3 Å². The van der Waals surface area contributed by atoms with Crippen LogP contribution in [0.15, 0.2) is 54.6 Å². The van der Waals surface area contributed by atoms with E-state index in [4.69, 9.17) is 9.84 Å². The molecule has 0 spiro atoms. The van der Waals surface area contributed by atoms with Gasteiger partial charge >= 0.3 is 0 Å². The first-order valence-electron chi connectivity index (χ1n) is 8.76. The van der Waals surface area contributed by atoms with Crippen molar-refractivity contribution in [3.05, 3.63) is 60.2 Å². The molecule has 0 radical (unpaired) electrons. The molecule has 2 amide bonds. The summed E-state index contributed by atoms with van der Waals surface area (Å²) in [6.07, 6.45) is 0.218. The van der Waals surface area contributed by atoms with Crippen molar-refractivity contribution in [3.63, 3.8) is 0 Å². The van der Waals surface area contributed by atoms with Gasteiger partial charge in [-0.15, -0.1) is 0 Å². The van der Waals surface area contributed by atoms with Crippen LogP contribution in [-0.4, -0.2) is 46.3 Å². The predicted molar refractivity (Wildman–Crippen MR) is 105 cm³/mol. The SMILES string of the molecule is O=C(NCCO)[C@H]1[C@H](S)CC(=O)N1Cc1ccc(Oc2ccccc2)cc1. The predicted octanol–water partition coefficient (Wildman–Crippen LogP) is 1.99. The number of nitrogens with one attached hydrogen (secondary N) is 1. The zero-order valence-electron chi connectivity index (χ0n) is 14.7. The minimum atomic E-state index is -0.646. The monoisotopic (exact) mass is 386 g/mol. The molecule has 0 unspecified atom stereocenters. The average Bonchev–Trinajstić information content (AvgIpc) is 2.95. The third kappa shape index (κ3) is 4.81. The van der Waals surface area contributed by atoms with Crippen LogP contribution in [0.5, 0.6) is 11.5 Å². The van der Waals surface area contributed by atoms with Crippen molar-refractivity contribution in [1.82, 2.24) is 10.2 Å². The van der Waals surface area contributed by atoms with Crippen molar-refractivity contribution in [2.45, 2.75) is 24.3 Å². The highest BCUT2D eigenvalue weighted by Crippen LogP contribution is 2.27. The lowest BCUT2D eigenvalue weighted by Gasteiger charge is -2.26. The highest BCUT2D eigenvalue weighted by molar-refractivity contribution is 7.81. The average molecular weight is 386 g/mol. The van der Waals surface area contributed by atoms with Crippen molar-refractivity contribution in [2.24, 2.45) is 0 Å². The third-order valence-electron chi connectivity index (χ3n) is 4.34. The van der Waals surface area contributed by atoms with Crippen LogP contribution in [0.4, 0.5) is 0 Å². The topological polar surface area (TPSA) is 78.9 Å². The van der Waals surface area contributed by atoms with Crippen LogP contribution in [0.1, 0.15) is 12.0 Å². The maximum atomic E-state index is 12.3. The van der Waals surface area contributed by atoms with Crippen LogP contribution < -0.4 is 10.1 Å². The number of rotatable bonds is 7. The maximum absolute atomic E-state index is 12.3. The molecule has 0 saturated carbocycles. The molecule has 7 heteroatoms. The highest BCUT2D eigenvalue weighted by atomic mass is 32.1. The first-order chi connectivity index (χ1) is 13.1. The summed E-state index contributed by atoms with van der Waals surface area (Å²) in [5, 5.41) is 11.1. The minimum Gasteiger partial charge on any atom is -0.457 e. The van der Waals surface area contributed by atoms with Crippen LogP contribution in [0.3, 0.4) is 0 Å². The smallest absolute Gasteiger partial charge is 0.244 e. The Morgan fingerprint density at radius 3 is 2.48 bits per heavy atom. The van der Waals surface area contributed by atoms with E-state index in [-0.39, 0.29) is 36.6 Å². The standard InChI is InChI=1S/C20H22N2O4S/c23-11-10-21-20(25)19-17(27)12-18(24)22(19)13-14-6-8-16(9-7-14)26-15-4-2-1-3-5-15/h1-9,17,19,23,27H,10-13H2,(H,21,25)/t17-,19-/m1/s1. The lowest BCUT2D eigenvalue weighted by molar-refractivity contribution is -0.135. The fourth-order valence-corrected chi connectivity index (χ4v) is 3.49. The molecule has 1 heterocycles. The molecular weight excluding hydrogens is 364 g/mol. The number of carbonyl (C=O) groups is 2. The number of carbonyl (C=O) groups excluding carboxylic acids is 2. The van der Waals surface area contributed by atoms with Gasteiger partial charge in [0.05, 0.1) is 6.61 Å². The molecule has 1 fully saturated rings. The Hall–Kier alpha value is -2.51. The molecular formula is C20H22N2O4S. The van der Waals surface area contributed by atoms with Gasteiger partial charge in [0.2, 0.25) is 11.8 Å². The van der Waals surface area contributed by atoms with Crippen LogP contribution in [0.2, 0.25) is 0 Å². The molecule has 0 bridgehead atoms. The fourth-order valence-electron chi connectivity index (χ4n) is 3.04. The Bertz CT molecular complexity index is 782. The van der Waals surface area contributed by atoms with Gasteiger partial charge in [0.15, 0.2) is 0 Å². The molecule has 2 aromatic carbocycles. The molecule has 0 aliphatic carbocycles. The molecule has 142 valence electrons. The van der Waals surface area contributed by atoms with Crippen molar-refractivity contribution in [3.8, 4) is 11.5 Å². The molecule has 1 aliphatic heterocycles. The Morgan fingerprint density at radius 2 is 1.81 bits per heavy atom. The fraction of sp³-hybridized carbons (Fsp3) is 0.300. The second-order valence-electron chi connectivity index (χ2n) is 6.31. The summed E-state index contributed by atoms with van der Waals surface area (Å²) in [5.41, 5.74) is 0.895. The molecule has 6 nitrogen and oxygen atoms in total. The number of hydrogen-bond donors (Lipinski definition) is 3. The van der Waals surface area contributed by atoms with Crippen LogP contribution in [0.25, 0.3) is 0 Å². The number of likely N-dealkylation sites (tertiary alicyclic amines) is 1. The largest absolute Gasteiger partial charge is 0.457 e. The quantitative estimate of drug-likeness (QED) is 0.636. The molecule has 27 heavy (non-hydrogen) atoms. The van der Waals surface area contributed by atoms with Gasteiger partial charge in [-0.05, 0) is 29.8 Å². The van der Waals surface area contributed by atoms with Gasteiger partial charge < -0.3 is 20.1 Å². The Morgan fingerprint density at radius 1 is 1.15 bits per heavy atom. The van der Waals surface area contributed by atoms with E-state index >= 15 is 0 Å². The third-order valence-corrected chi connectivity index (χ3v) is 4.80. The molecule has 3 rings (SSSR count). The van der Waals surface area contributed by atoms with Crippen molar-refractivity contribution < 1.29 is 19.4 Å². The second kappa shape index (κ2) is 8.92. The molecule has 1 aliphatic rings. The van der Waals surface area contributed by atoms with Gasteiger partial charge in [-0.3, -0.25) is 9.59 Å². The minimum absolute atomic E-state index is 0.108. The zero-order valence-corrected chi connectivity index (χ0v) is 15.6. The Labute approximate surface area is 163 Å². The lowest BCUT2D eigenvalue weighted by atomic mass is 10.1. The van der Waals surface area contributed by atoms with Crippen molar-refractivity contribution >= 4 is 24.4 Å². The summed E-state index contributed by atoms with van der Waals surface area (Å²) in [7, 11) is 0. The molecule has 0 aromatic heterocycles. The summed E-state index contributed by atoms with van der Waals surface area (Å²) in [4.78, 5) is 26.2.